The second-order valence-electron chi connectivity index (χ2n) is 7.64. The van der Waals surface area contributed by atoms with E-state index < -0.39 is 0 Å². The van der Waals surface area contributed by atoms with E-state index >= 15 is 0 Å². The second-order valence-corrected chi connectivity index (χ2v) is 7.64. The van der Waals surface area contributed by atoms with Crippen molar-refractivity contribution < 1.29 is 4.79 Å². The zero-order valence-corrected chi connectivity index (χ0v) is 17.7. The van der Waals surface area contributed by atoms with Gasteiger partial charge in [0.1, 0.15) is 11.5 Å². The lowest BCUT2D eigenvalue weighted by Crippen LogP contribution is -2.39. The molecule has 0 saturated carbocycles. The van der Waals surface area contributed by atoms with E-state index in [1.54, 1.807) is 17.1 Å². The predicted octanol–water partition coefficient (Wildman–Crippen LogP) is 4.07. The van der Waals surface area contributed by atoms with Gasteiger partial charge in [0.05, 0.1) is 11.7 Å². The van der Waals surface area contributed by atoms with Crippen molar-refractivity contribution in [3.05, 3.63) is 60.2 Å². The Balaban J connectivity index is 1.75. The number of rotatable bonds is 6. The SMILES string of the molecule is CCCc1ncc(-c2ccncc2)c([C@H]2CCCCN2C(=O)c2ccn(CC)n2)n1. The molecule has 1 atom stereocenters. The largest absolute Gasteiger partial charge is 0.329 e. The molecule has 1 saturated heterocycles. The molecule has 1 aliphatic rings. The first-order valence-corrected chi connectivity index (χ1v) is 10.8. The summed E-state index contributed by atoms with van der Waals surface area (Å²) in [5.41, 5.74) is 3.43. The lowest BCUT2D eigenvalue weighted by Gasteiger charge is -2.36. The maximum Gasteiger partial charge on any atom is 0.274 e. The molecule has 0 bridgehead atoms. The molecule has 0 spiro atoms. The van der Waals surface area contributed by atoms with Gasteiger partial charge < -0.3 is 4.90 Å². The van der Waals surface area contributed by atoms with Gasteiger partial charge in [0.25, 0.3) is 5.91 Å². The van der Waals surface area contributed by atoms with E-state index in [4.69, 9.17) is 4.98 Å². The number of pyridine rings is 1. The average Bonchev–Trinajstić information content (AvgIpc) is 3.29. The standard InChI is InChI=1S/C23H28N6O/c1-3-7-21-25-16-18(17-9-12-24-13-10-17)22(26-21)20-8-5-6-14-29(20)23(30)19-11-15-28(4-2)27-19/h9-13,15-16,20H,3-8,14H2,1-2H3/t20-/m1/s1. The van der Waals surface area contributed by atoms with Gasteiger partial charge in [-0.05, 0) is 56.4 Å². The van der Waals surface area contributed by atoms with E-state index in [0.29, 0.717) is 12.2 Å². The lowest BCUT2D eigenvalue weighted by atomic mass is 9.93. The fourth-order valence-electron chi connectivity index (χ4n) is 4.04. The first-order chi connectivity index (χ1) is 14.7. The Hall–Kier alpha value is -3.09. The van der Waals surface area contributed by atoms with E-state index in [2.05, 4.69) is 22.0 Å². The average molecular weight is 405 g/mol. The first-order valence-electron chi connectivity index (χ1n) is 10.8. The Bertz CT molecular complexity index is 1000. The maximum absolute atomic E-state index is 13.4. The number of aromatic nitrogens is 5. The summed E-state index contributed by atoms with van der Waals surface area (Å²) < 4.78 is 1.79. The van der Waals surface area contributed by atoms with Crippen LogP contribution in [0.1, 0.15) is 67.6 Å². The van der Waals surface area contributed by atoms with Crippen LogP contribution in [-0.2, 0) is 13.0 Å². The third kappa shape index (κ3) is 4.10. The smallest absolute Gasteiger partial charge is 0.274 e. The van der Waals surface area contributed by atoms with Crippen LogP contribution in [0.5, 0.6) is 0 Å². The van der Waals surface area contributed by atoms with E-state index in [9.17, 15) is 4.79 Å². The molecule has 0 aromatic carbocycles. The summed E-state index contributed by atoms with van der Waals surface area (Å²) in [4.78, 5) is 29.0. The number of carbonyl (C=O) groups is 1. The van der Waals surface area contributed by atoms with Gasteiger partial charge in [-0.2, -0.15) is 5.10 Å². The van der Waals surface area contributed by atoms with Crippen LogP contribution < -0.4 is 0 Å². The monoisotopic (exact) mass is 404 g/mol. The van der Waals surface area contributed by atoms with Crippen molar-refractivity contribution in [2.75, 3.05) is 6.54 Å². The molecule has 0 radical (unpaired) electrons. The fourth-order valence-corrected chi connectivity index (χ4v) is 4.04. The molecule has 3 aromatic rings. The van der Waals surface area contributed by atoms with Crippen molar-refractivity contribution >= 4 is 5.91 Å². The Morgan fingerprint density at radius 2 is 2.00 bits per heavy atom. The van der Waals surface area contributed by atoms with Crippen molar-refractivity contribution in [2.24, 2.45) is 0 Å². The molecular formula is C23H28N6O. The van der Waals surface area contributed by atoms with Crippen molar-refractivity contribution in [1.29, 1.82) is 0 Å². The molecule has 4 heterocycles. The normalized spacial score (nSPS) is 16.6. The highest BCUT2D eigenvalue weighted by molar-refractivity contribution is 5.92. The molecule has 0 N–H and O–H groups in total. The van der Waals surface area contributed by atoms with Crippen LogP contribution in [0, 0.1) is 0 Å². The molecule has 7 heteroatoms. The van der Waals surface area contributed by atoms with Gasteiger partial charge in [0, 0.05) is 49.9 Å². The van der Waals surface area contributed by atoms with E-state index in [0.717, 1.165) is 61.3 Å². The highest BCUT2D eigenvalue weighted by Gasteiger charge is 2.32. The first kappa shape index (κ1) is 20.2. The minimum atomic E-state index is -0.0835. The Morgan fingerprint density at radius 1 is 1.17 bits per heavy atom. The van der Waals surface area contributed by atoms with Crippen molar-refractivity contribution in [2.45, 2.75) is 58.5 Å². The second kappa shape index (κ2) is 9.15. The molecule has 4 rings (SSSR count). The Morgan fingerprint density at radius 3 is 2.73 bits per heavy atom. The zero-order chi connectivity index (χ0) is 20.9. The highest BCUT2D eigenvalue weighted by Crippen LogP contribution is 2.36. The van der Waals surface area contributed by atoms with Crippen LogP contribution in [-0.4, -0.2) is 42.1 Å². The summed E-state index contributed by atoms with van der Waals surface area (Å²) in [5, 5.41) is 4.44. The highest BCUT2D eigenvalue weighted by atomic mass is 16.2. The molecule has 0 unspecified atom stereocenters. The Labute approximate surface area is 177 Å². The number of nitrogens with zero attached hydrogens (tertiary/aromatic N) is 6. The number of hydrogen-bond donors (Lipinski definition) is 0. The third-order valence-electron chi connectivity index (χ3n) is 5.60. The summed E-state index contributed by atoms with van der Waals surface area (Å²) in [6.07, 6.45) is 12.1. The van der Waals surface area contributed by atoms with Gasteiger partial charge in [0.2, 0.25) is 0 Å². The van der Waals surface area contributed by atoms with Crippen LogP contribution >= 0.6 is 0 Å². The minimum Gasteiger partial charge on any atom is -0.329 e. The molecule has 0 aliphatic carbocycles. The Kier molecular flexibility index (Phi) is 6.16. The van der Waals surface area contributed by atoms with Gasteiger partial charge >= 0.3 is 0 Å². The summed E-state index contributed by atoms with van der Waals surface area (Å²) >= 11 is 0. The summed E-state index contributed by atoms with van der Waals surface area (Å²) in [7, 11) is 0. The van der Waals surface area contributed by atoms with Gasteiger partial charge in [-0.1, -0.05) is 6.92 Å². The topological polar surface area (TPSA) is 76.8 Å². The third-order valence-corrected chi connectivity index (χ3v) is 5.60. The molecule has 30 heavy (non-hydrogen) atoms. The van der Waals surface area contributed by atoms with Crippen LogP contribution in [0.15, 0.2) is 43.0 Å². The quantitative estimate of drug-likeness (QED) is 0.619. The molecule has 7 nitrogen and oxygen atoms in total. The maximum atomic E-state index is 13.4. The van der Waals surface area contributed by atoms with Crippen LogP contribution in [0.3, 0.4) is 0 Å². The summed E-state index contributed by atoms with van der Waals surface area (Å²) in [6.45, 7) is 5.60. The fraction of sp³-hybridized carbons (Fsp3) is 0.435. The van der Waals surface area contributed by atoms with Crippen molar-refractivity contribution in [1.82, 2.24) is 29.6 Å². The van der Waals surface area contributed by atoms with Gasteiger partial charge in [-0.3, -0.25) is 14.5 Å². The number of carbonyl (C=O) groups excluding carboxylic acids is 1. The van der Waals surface area contributed by atoms with E-state index in [-0.39, 0.29) is 11.9 Å². The molecule has 1 fully saturated rings. The van der Waals surface area contributed by atoms with Crippen LogP contribution in [0.2, 0.25) is 0 Å². The number of hydrogen-bond acceptors (Lipinski definition) is 5. The minimum absolute atomic E-state index is 0.0248. The van der Waals surface area contributed by atoms with Crippen LogP contribution in [0.25, 0.3) is 11.1 Å². The lowest BCUT2D eigenvalue weighted by molar-refractivity contribution is 0.0599. The van der Waals surface area contributed by atoms with Gasteiger partial charge in [-0.15, -0.1) is 0 Å². The molecular weight excluding hydrogens is 376 g/mol. The predicted molar refractivity (Wildman–Crippen MR) is 115 cm³/mol. The summed E-state index contributed by atoms with van der Waals surface area (Å²) in [6, 6.07) is 5.67. The van der Waals surface area contributed by atoms with Gasteiger partial charge in [-0.25, -0.2) is 9.97 Å². The van der Waals surface area contributed by atoms with Crippen LogP contribution in [0.4, 0.5) is 0 Å². The number of piperidine rings is 1. The number of likely N-dealkylation sites (tertiary alicyclic amines) is 1. The molecule has 1 aliphatic heterocycles. The van der Waals surface area contributed by atoms with Crippen molar-refractivity contribution in [3.63, 3.8) is 0 Å². The number of aryl methyl sites for hydroxylation is 2. The molecule has 156 valence electrons. The number of amides is 1. The summed E-state index contributed by atoms with van der Waals surface area (Å²) in [5.74, 6) is 0.807. The molecule has 1 amide bonds. The molecule has 3 aromatic heterocycles. The van der Waals surface area contributed by atoms with Crippen molar-refractivity contribution in [3.8, 4) is 11.1 Å². The van der Waals surface area contributed by atoms with E-state index in [1.807, 2.05) is 42.4 Å². The van der Waals surface area contributed by atoms with Gasteiger partial charge in [0.15, 0.2) is 0 Å². The van der Waals surface area contributed by atoms with E-state index in [1.165, 1.54) is 0 Å². The zero-order valence-electron chi connectivity index (χ0n) is 17.7.